The van der Waals surface area contributed by atoms with Gasteiger partial charge in [0.1, 0.15) is 5.75 Å². The van der Waals surface area contributed by atoms with Gasteiger partial charge in [-0.25, -0.2) is 0 Å². The highest BCUT2D eigenvalue weighted by molar-refractivity contribution is 9.10. The van der Waals surface area contributed by atoms with Crippen LogP contribution in [0.1, 0.15) is 18.9 Å². The van der Waals surface area contributed by atoms with Crippen molar-refractivity contribution in [1.29, 1.82) is 0 Å². The molecule has 5 heteroatoms. The predicted octanol–water partition coefficient (Wildman–Crippen LogP) is 1.59. The third-order valence-electron chi connectivity index (χ3n) is 2.39. The van der Waals surface area contributed by atoms with Crippen LogP contribution in [0.3, 0.4) is 0 Å². The molecule has 0 spiro atoms. The largest absolute Gasteiger partial charge is 0.480 e. The number of hydrogen-bond acceptors (Lipinski definition) is 3. The van der Waals surface area contributed by atoms with E-state index in [1.807, 2.05) is 25.1 Å². The quantitative estimate of drug-likeness (QED) is 0.837. The molecule has 1 amide bonds. The van der Waals surface area contributed by atoms with E-state index < -0.39 is 12.0 Å². The lowest BCUT2D eigenvalue weighted by molar-refractivity contribution is -0.124. The van der Waals surface area contributed by atoms with Crippen molar-refractivity contribution in [2.45, 2.75) is 25.9 Å². The third-order valence-corrected chi connectivity index (χ3v) is 2.89. The zero-order valence-electron chi connectivity index (χ0n) is 9.78. The maximum absolute atomic E-state index is 11.1. The summed E-state index contributed by atoms with van der Waals surface area (Å²) < 4.78 is 6.57. The average Bonchev–Trinajstić information content (AvgIpc) is 2.28. The Bertz CT molecular complexity index is 396. The van der Waals surface area contributed by atoms with Crippen LogP contribution in [0.25, 0.3) is 0 Å². The van der Waals surface area contributed by atoms with E-state index in [2.05, 4.69) is 15.9 Å². The van der Waals surface area contributed by atoms with Crippen molar-refractivity contribution < 1.29 is 9.53 Å². The first-order valence-corrected chi connectivity index (χ1v) is 6.32. The highest BCUT2D eigenvalue weighted by Crippen LogP contribution is 2.25. The molecular weight excluding hydrogens is 284 g/mol. The fourth-order valence-corrected chi connectivity index (χ4v) is 1.92. The van der Waals surface area contributed by atoms with Gasteiger partial charge in [0.05, 0.1) is 0 Å². The van der Waals surface area contributed by atoms with Gasteiger partial charge in [-0.2, -0.15) is 0 Å². The van der Waals surface area contributed by atoms with E-state index in [1.165, 1.54) is 0 Å². The number of primary amides is 1. The molecule has 1 unspecified atom stereocenters. The molecule has 0 aromatic heterocycles. The second kappa shape index (κ2) is 6.61. The smallest absolute Gasteiger partial charge is 0.258 e. The lowest BCUT2D eigenvalue weighted by Gasteiger charge is -2.17. The number of benzene rings is 1. The summed E-state index contributed by atoms with van der Waals surface area (Å²) in [6.07, 6.45) is 0.657. The second-order valence-corrected chi connectivity index (χ2v) is 4.62. The highest BCUT2D eigenvalue weighted by Gasteiger charge is 2.16. The third kappa shape index (κ3) is 4.02. The Labute approximate surface area is 109 Å². The van der Waals surface area contributed by atoms with Gasteiger partial charge < -0.3 is 16.2 Å². The fraction of sp³-hybridized carbons (Fsp3) is 0.417. The van der Waals surface area contributed by atoms with E-state index in [9.17, 15) is 4.79 Å². The Balaban J connectivity index is 2.92. The molecule has 0 bridgehead atoms. The van der Waals surface area contributed by atoms with Crippen molar-refractivity contribution in [2.75, 3.05) is 6.54 Å². The number of halogens is 1. The zero-order valence-corrected chi connectivity index (χ0v) is 11.4. The number of hydrogen-bond donors (Lipinski definition) is 2. The minimum absolute atomic E-state index is 0.450. The molecule has 4 N–H and O–H groups in total. The fourth-order valence-electron chi connectivity index (χ4n) is 1.51. The number of ether oxygens (including phenoxy) is 1. The summed E-state index contributed by atoms with van der Waals surface area (Å²) in [6, 6.07) is 5.62. The Morgan fingerprint density at radius 1 is 1.53 bits per heavy atom. The van der Waals surface area contributed by atoms with Crippen molar-refractivity contribution in [3.05, 3.63) is 28.2 Å². The van der Waals surface area contributed by atoms with Crippen LogP contribution < -0.4 is 16.2 Å². The van der Waals surface area contributed by atoms with Crippen molar-refractivity contribution >= 4 is 21.8 Å². The van der Waals surface area contributed by atoms with Gasteiger partial charge in [0.15, 0.2) is 6.10 Å². The molecule has 1 rings (SSSR count). The molecule has 94 valence electrons. The molecule has 0 aliphatic heterocycles. The SMILES string of the molecule is CCC(Oc1ccc(Br)cc1CCN)C(N)=O. The van der Waals surface area contributed by atoms with Gasteiger partial charge in [0.2, 0.25) is 0 Å². The van der Waals surface area contributed by atoms with Crippen LogP contribution in [0.5, 0.6) is 5.75 Å². The number of rotatable bonds is 6. The molecule has 1 aromatic carbocycles. The van der Waals surface area contributed by atoms with Gasteiger partial charge in [-0.3, -0.25) is 4.79 Å². The first-order chi connectivity index (χ1) is 8.08. The number of carbonyl (C=O) groups is 1. The molecule has 0 aliphatic rings. The summed E-state index contributed by atoms with van der Waals surface area (Å²) in [7, 11) is 0. The van der Waals surface area contributed by atoms with Gasteiger partial charge in [-0.05, 0) is 43.1 Å². The van der Waals surface area contributed by atoms with Gasteiger partial charge >= 0.3 is 0 Å². The van der Waals surface area contributed by atoms with Crippen LogP contribution in [0.2, 0.25) is 0 Å². The summed E-state index contributed by atoms with van der Waals surface area (Å²) in [4.78, 5) is 11.1. The normalized spacial score (nSPS) is 12.2. The molecular formula is C12H17BrN2O2. The van der Waals surface area contributed by atoms with Gasteiger partial charge in [-0.1, -0.05) is 22.9 Å². The predicted molar refractivity (Wildman–Crippen MR) is 70.8 cm³/mol. The highest BCUT2D eigenvalue weighted by atomic mass is 79.9. The number of amides is 1. The lowest BCUT2D eigenvalue weighted by atomic mass is 10.1. The first kappa shape index (κ1) is 14.0. The van der Waals surface area contributed by atoms with E-state index in [0.29, 0.717) is 25.1 Å². The molecule has 0 aliphatic carbocycles. The minimum atomic E-state index is -0.590. The molecule has 0 saturated heterocycles. The summed E-state index contributed by atoms with van der Waals surface area (Å²) in [5, 5.41) is 0. The van der Waals surface area contributed by atoms with Gasteiger partial charge in [0, 0.05) is 4.47 Å². The molecule has 0 fully saturated rings. The molecule has 1 aromatic rings. The second-order valence-electron chi connectivity index (χ2n) is 3.71. The molecule has 0 radical (unpaired) electrons. The van der Waals surface area contributed by atoms with Crippen LogP contribution in [0.4, 0.5) is 0 Å². The summed E-state index contributed by atoms with van der Waals surface area (Å²) in [5.74, 6) is 0.221. The van der Waals surface area contributed by atoms with Crippen LogP contribution >= 0.6 is 15.9 Å². The molecule has 1 atom stereocenters. The van der Waals surface area contributed by atoms with Crippen molar-refractivity contribution in [1.82, 2.24) is 0 Å². The van der Waals surface area contributed by atoms with Crippen LogP contribution in [0, 0.1) is 0 Å². The number of nitrogens with two attached hydrogens (primary N) is 2. The van der Waals surface area contributed by atoms with E-state index >= 15 is 0 Å². The summed E-state index contributed by atoms with van der Waals surface area (Å²) >= 11 is 3.39. The number of carbonyl (C=O) groups excluding carboxylic acids is 1. The molecule has 0 heterocycles. The monoisotopic (exact) mass is 300 g/mol. The maximum Gasteiger partial charge on any atom is 0.258 e. The zero-order chi connectivity index (χ0) is 12.8. The van der Waals surface area contributed by atoms with Crippen molar-refractivity contribution in [3.63, 3.8) is 0 Å². The average molecular weight is 301 g/mol. The van der Waals surface area contributed by atoms with Crippen LogP contribution in [0.15, 0.2) is 22.7 Å². The standard InChI is InChI=1S/C12H17BrN2O2/c1-2-10(12(15)16)17-11-4-3-9(13)7-8(11)5-6-14/h3-4,7,10H,2,5-6,14H2,1H3,(H2,15,16). The van der Waals surface area contributed by atoms with E-state index in [0.717, 1.165) is 10.0 Å². The van der Waals surface area contributed by atoms with Gasteiger partial charge in [-0.15, -0.1) is 0 Å². The van der Waals surface area contributed by atoms with Crippen molar-refractivity contribution in [3.8, 4) is 5.75 Å². The topological polar surface area (TPSA) is 78.3 Å². The molecule has 4 nitrogen and oxygen atoms in total. The van der Waals surface area contributed by atoms with Crippen LogP contribution in [-0.2, 0) is 11.2 Å². The van der Waals surface area contributed by atoms with Gasteiger partial charge in [0.25, 0.3) is 5.91 Å². The Morgan fingerprint density at radius 2 is 2.24 bits per heavy atom. The van der Waals surface area contributed by atoms with E-state index in [-0.39, 0.29) is 0 Å². The maximum atomic E-state index is 11.1. The Kier molecular flexibility index (Phi) is 5.44. The Morgan fingerprint density at radius 3 is 2.76 bits per heavy atom. The van der Waals surface area contributed by atoms with Crippen LogP contribution in [-0.4, -0.2) is 18.6 Å². The lowest BCUT2D eigenvalue weighted by Crippen LogP contribution is -2.33. The Hall–Kier alpha value is -1.07. The van der Waals surface area contributed by atoms with E-state index in [1.54, 1.807) is 0 Å². The molecule has 17 heavy (non-hydrogen) atoms. The first-order valence-electron chi connectivity index (χ1n) is 5.53. The summed E-state index contributed by atoms with van der Waals surface area (Å²) in [5.41, 5.74) is 11.8. The summed E-state index contributed by atoms with van der Waals surface area (Å²) in [6.45, 7) is 2.39. The van der Waals surface area contributed by atoms with Crippen molar-refractivity contribution in [2.24, 2.45) is 11.5 Å². The minimum Gasteiger partial charge on any atom is -0.480 e. The molecule has 0 saturated carbocycles. The van der Waals surface area contributed by atoms with E-state index in [4.69, 9.17) is 16.2 Å².